The van der Waals surface area contributed by atoms with Gasteiger partial charge in [0.1, 0.15) is 0 Å². The van der Waals surface area contributed by atoms with Crippen molar-refractivity contribution in [1.82, 2.24) is 5.23 Å². The van der Waals surface area contributed by atoms with Crippen LogP contribution >= 0.6 is 0 Å². The molecule has 0 unspecified atom stereocenters. The first-order valence-corrected chi connectivity index (χ1v) is 2.01. The molecule has 1 N–H and O–H groups in total. The summed E-state index contributed by atoms with van der Waals surface area (Å²) in [6.45, 7) is 1.82. The van der Waals surface area contributed by atoms with Gasteiger partial charge in [-0.15, -0.1) is 0 Å². The SMILES string of the molecule is BNC(=O)CC. The Morgan fingerprint density at radius 3 is 2.50 bits per heavy atom. The fourth-order valence-corrected chi connectivity index (χ4v) is 0.177. The minimum absolute atomic E-state index is 0.0926. The smallest absolute Gasteiger partial charge is 0.217 e. The van der Waals surface area contributed by atoms with Gasteiger partial charge in [-0.3, -0.25) is 4.79 Å². The minimum Gasteiger partial charge on any atom is -0.406 e. The van der Waals surface area contributed by atoms with E-state index in [4.69, 9.17) is 0 Å². The zero-order chi connectivity index (χ0) is 4.99. The molecule has 0 bridgehead atoms. The van der Waals surface area contributed by atoms with Crippen LogP contribution in [0.4, 0.5) is 0 Å². The summed E-state index contributed by atoms with van der Waals surface area (Å²) in [5.41, 5.74) is 0. The van der Waals surface area contributed by atoms with Gasteiger partial charge in [0.25, 0.3) is 0 Å². The van der Waals surface area contributed by atoms with E-state index in [1.165, 1.54) is 0 Å². The maximum Gasteiger partial charge on any atom is 0.217 e. The zero-order valence-electron chi connectivity index (χ0n) is 4.12. The second-order valence-corrected chi connectivity index (χ2v) is 1.03. The fourth-order valence-electron chi connectivity index (χ4n) is 0.177. The highest BCUT2D eigenvalue weighted by Crippen LogP contribution is 1.67. The van der Waals surface area contributed by atoms with Crippen LogP contribution in [0.5, 0.6) is 0 Å². The van der Waals surface area contributed by atoms with E-state index in [1.54, 1.807) is 7.98 Å². The lowest BCUT2D eigenvalue weighted by atomic mass is 10.3. The molecule has 3 heteroatoms. The van der Waals surface area contributed by atoms with Crippen LogP contribution in [0.2, 0.25) is 0 Å². The molecule has 0 aliphatic rings. The van der Waals surface area contributed by atoms with E-state index in [1.807, 2.05) is 6.92 Å². The van der Waals surface area contributed by atoms with E-state index < -0.39 is 0 Å². The summed E-state index contributed by atoms with van der Waals surface area (Å²) >= 11 is 0. The quantitative estimate of drug-likeness (QED) is 0.409. The molecule has 0 saturated carbocycles. The molecule has 0 aromatic carbocycles. The Bertz CT molecular complexity index is 48.8. The van der Waals surface area contributed by atoms with Gasteiger partial charge in [-0.25, -0.2) is 0 Å². The Labute approximate surface area is 38.4 Å². The van der Waals surface area contributed by atoms with Crippen LogP contribution in [-0.4, -0.2) is 13.9 Å². The molecule has 6 heavy (non-hydrogen) atoms. The summed E-state index contributed by atoms with van der Waals surface area (Å²) in [5, 5.41) is 2.48. The maximum absolute atomic E-state index is 10.1. The second-order valence-electron chi connectivity index (χ2n) is 1.03. The molecule has 0 rings (SSSR count). The van der Waals surface area contributed by atoms with Gasteiger partial charge in [0.15, 0.2) is 0 Å². The van der Waals surface area contributed by atoms with Crippen molar-refractivity contribution in [2.24, 2.45) is 0 Å². The zero-order valence-corrected chi connectivity index (χ0v) is 4.12. The van der Waals surface area contributed by atoms with Crippen LogP contribution in [0.25, 0.3) is 0 Å². The van der Waals surface area contributed by atoms with Crippen molar-refractivity contribution in [2.45, 2.75) is 13.3 Å². The highest BCUT2D eigenvalue weighted by Gasteiger charge is 1.84. The number of amides is 1. The van der Waals surface area contributed by atoms with Gasteiger partial charge in [0, 0.05) is 6.42 Å². The molecule has 0 spiro atoms. The van der Waals surface area contributed by atoms with E-state index in [9.17, 15) is 4.79 Å². The lowest BCUT2D eigenvalue weighted by Gasteiger charge is -1.87. The minimum atomic E-state index is 0.0926. The number of rotatable bonds is 1. The van der Waals surface area contributed by atoms with Gasteiger partial charge < -0.3 is 5.23 Å². The molecule has 0 radical (unpaired) electrons. The van der Waals surface area contributed by atoms with Crippen LogP contribution in [-0.2, 0) is 4.79 Å². The first-order chi connectivity index (χ1) is 2.81. The molecule has 34 valence electrons. The number of carbonyl (C=O) groups excluding carboxylic acids is 1. The third kappa shape index (κ3) is 1.82. The topological polar surface area (TPSA) is 29.1 Å². The lowest BCUT2D eigenvalue weighted by molar-refractivity contribution is -0.119. The summed E-state index contributed by atoms with van der Waals surface area (Å²) in [6.07, 6.45) is 0.580. The fraction of sp³-hybridized carbons (Fsp3) is 0.667. The van der Waals surface area contributed by atoms with E-state index >= 15 is 0 Å². The van der Waals surface area contributed by atoms with Crippen molar-refractivity contribution in [3.8, 4) is 0 Å². The second kappa shape index (κ2) is 2.76. The molecule has 0 fully saturated rings. The van der Waals surface area contributed by atoms with Crippen molar-refractivity contribution in [1.29, 1.82) is 0 Å². The van der Waals surface area contributed by atoms with Gasteiger partial charge in [-0.05, 0) is 0 Å². The summed E-state index contributed by atoms with van der Waals surface area (Å²) in [4.78, 5) is 10.1. The van der Waals surface area contributed by atoms with Crippen molar-refractivity contribution in [3.63, 3.8) is 0 Å². The molecule has 0 atom stereocenters. The van der Waals surface area contributed by atoms with Crippen LogP contribution in [0.15, 0.2) is 0 Å². The average Bonchev–Trinajstić information content (AvgIpc) is 1.65. The molecule has 0 aliphatic carbocycles. The van der Waals surface area contributed by atoms with Gasteiger partial charge in [0.2, 0.25) is 13.9 Å². The monoisotopic (exact) mass is 85.1 g/mol. The summed E-state index contributed by atoms with van der Waals surface area (Å²) in [7, 11) is 1.63. The standard InChI is InChI=1S/C3H8BNO/c1-2-3(6)5-4/h2,4H2,1H3,(H,5,6). The third-order valence-electron chi connectivity index (χ3n) is 0.600. The molecular weight excluding hydrogens is 76.9 g/mol. The van der Waals surface area contributed by atoms with Crippen molar-refractivity contribution in [3.05, 3.63) is 0 Å². The third-order valence-corrected chi connectivity index (χ3v) is 0.600. The van der Waals surface area contributed by atoms with Crippen LogP contribution in [0.1, 0.15) is 13.3 Å². The number of carbonyl (C=O) groups is 1. The molecule has 0 aromatic heterocycles. The Morgan fingerprint density at radius 1 is 2.00 bits per heavy atom. The molecule has 0 saturated heterocycles. The van der Waals surface area contributed by atoms with Crippen LogP contribution < -0.4 is 5.23 Å². The molecule has 1 amide bonds. The van der Waals surface area contributed by atoms with Crippen molar-refractivity contribution in [2.75, 3.05) is 0 Å². The Balaban J connectivity index is 2.99. The summed E-state index contributed by atoms with van der Waals surface area (Å²) in [5.74, 6) is 0.0926. The Morgan fingerprint density at radius 2 is 2.50 bits per heavy atom. The molecular formula is C3H8BNO. The van der Waals surface area contributed by atoms with E-state index in [-0.39, 0.29) is 5.91 Å². The molecule has 2 nitrogen and oxygen atoms in total. The highest BCUT2D eigenvalue weighted by molar-refractivity contribution is 6.14. The molecule has 0 aliphatic heterocycles. The van der Waals surface area contributed by atoms with Crippen LogP contribution in [0, 0.1) is 0 Å². The number of nitrogens with one attached hydrogen (secondary N) is 1. The first-order valence-electron chi connectivity index (χ1n) is 2.01. The predicted octanol–water partition coefficient (Wildman–Crippen LogP) is -0.939. The Hall–Kier alpha value is -0.465. The Kier molecular flexibility index (Phi) is 2.54. The van der Waals surface area contributed by atoms with Gasteiger partial charge in [-0.2, -0.15) is 0 Å². The largest absolute Gasteiger partial charge is 0.406 e. The summed E-state index contributed by atoms with van der Waals surface area (Å²) in [6, 6.07) is 0. The van der Waals surface area contributed by atoms with Gasteiger partial charge >= 0.3 is 0 Å². The highest BCUT2D eigenvalue weighted by atomic mass is 16.1. The van der Waals surface area contributed by atoms with Crippen molar-refractivity contribution < 1.29 is 4.79 Å². The van der Waals surface area contributed by atoms with Gasteiger partial charge in [-0.1, -0.05) is 6.92 Å². The van der Waals surface area contributed by atoms with E-state index in [0.29, 0.717) is 6.42 Å². The van der Waals surface area contributed by atoms with Crippen LogP contribution in [0.3, 0.4) is 0 Å². The normalized spacial score (nSPS) is 7.50. The van der Waals surface area contributed by atoms with Gasteiger partial charge in [0.05, 0.1) is 0 Å². The average molecular weight is 84.9 g/mol. The lowest BCUT2D eigenvalue weighted by Crippen LogP contribution is -2.17. The maximum atomic E-state index is 10.1. The van der Waals surface area contributed by atoms with Crippen molar-refractivity contribution >= 4 is 13.9 Å². The predicted molar refractivity (Wildman–Crippen MR) is 27.0 cm³/mol. The molecule has 0 aromatic rings. The summed E-state index contributed by atoms with van der Waals surface area (Å²) < 4.78 is 0. The number of hydrogen-bond acceptors (Lipinski definition) is 1. The van der Waals surface area contributed by atoms with E-state index in [0.717, 1.165) is 0 Å². The molecule has 0 heterocycles. The van der Waals surface area contributed by atoms with E-state index in [2.05, 4.69) is 5.23 Å². The first kappa shape index (κ1) is 5.53. The number of hydrogen-bond donors (Lipinski definition) is 1.